The van der Waals surface area contributed by atoms with Crippen LogP contribution in [0.25, 0.3) is 11.1 Å². The standard InChI is InChI=1S/C25H29N3O5S/c1-13-11-17(15(3)27(13)23-20(24(31)33-5)14(2)16(4)34-23)12-19-21(29)26-25(32)28(22(19)30)18-9-7-6-8-10-18/h11-12,18H,6-10H2,1-5H3,(H,26,29,32)/b19-12+. The van der Waals surface area contributed by atoms with Crippen molar-refractivity contribution >= 4 is 41.2 Å². The largest absolute Gasteiger partial charge is 0.465 e. The van der Waals surface area contributed by atoms with E-state index >= 15 is 0 Å². The van der Waals surface area contributed by atoms with Crippen molar-refractivity contribution in [3.05, 3.63) is 44.6 Å². The summed E-state index contributed by atoms with van der Waals surface area (Å²) in [6.07, 6.45) is 6.05. The van der Waals surface area contributed by atoms with Gasteiger partial charge in [-0.15, -0.1) is 11.3 Å². The van der Waals surface area contributed by atoms with Crippen molar-refractivity contribution in [2.75, 3.05) is 7.11 Å². The second-order valence-electron chi connectivity index (χ2n) is 8.90. The average molecular weight is 484 g/mol. The summed E-state index contributed by atoms with van der Waals surface area (Å²) >= 11 is 1.49. The first-order valence-corrected chi connectivity index (χ1v) is 12.3. The lowest BCUT2D eigenvalue weighted by atomic mass is 9.93. The number of hydrogen-bond donors (Lipinski definition) is 1. The summed E-state index contributed by atoms with van der Waals surface area (Å²) in [4.78, 5) is 53.1. The minimum absolute atomic E-state index is 0.0582. The van der Waals surface area contributed by atoms with Crippen LogP contribution in [0.3, 0.4) is 0 Å². The summed E-state index contributed by atoms with van der Waals surface area (Å²) in [6.45, 7) is 7.62. The Labute approximate surface area is 202 Å². The van der Waals surface area contributed by atoms with Crippen LogP contribution in [0.1, 0.15) is 69.9 Å². The molecule has 0 atom stereocenters. The van der Waals surface area contributed by atoms with Gasteiger partial charge in [0.15, 0.2) is 0 Å². The number of methoxy groups -OCH3 is 1. The Bertz CT molecular complexity index is 1230. The molecule has 1 N–H and O–H groups in total. The van der Waals surface area contributed by atoms with E-state index in [4.69, 9.17) is 4.74 Å². The predicted molar refractivity (Wildman–Crippen MR) is 129 cm³/mol. The maximum atomic E-state index is 13.3. The third kappa shape index (κ3) is 3.98. The van der Waals surface area contributed by atoms with E-state index in [1.165, 1.54) is 23.3 Å². The first-order valence-electron chi connectivity index (χ1n) is 11.4. The number of aryl methyl sites for hydroxylation is 2. The molecule has 2 fully saturated rings. The Balaban J connectivity index is 1.77. The molecule has 2 aromatic rings. The van der Waals surface area contributed by atoms with Crippen molar-refractivity contribution in [1.29, 1.82) is 0 Å². The number of nitrogens with zero attached hydrogens (tertiary/aromatic N) is 2. The number of nitrogens with one attached hydrogen (secondary N) is 1. The molecule has 2 aliphatic rings. The highest BCUT2D eigenvalue weighted by molar-refractivity contribution is 7.15. The van der Waals surface area contributed by atoms with Crippen LogP contribution < -0.4 is 5.32 Å². The number of esters is 1. The van der Waals surface area contributed by atoms with E-state index in [0.29, 0.717) is 11.1 Å². The van der Waals surface area contributed by atoms with Gasteiger partial charge in [0.2, 0.25) is 0 Å². The molecule has 4 rings (SSSR count). The zero-order valence-electron chi connectivity index (χ0n) is 20.1. The molecule has 180 valence electrons. The van der Waals surface area contributed by atoms with Gasteiger partial charge < -0.3 is 9.30 Å². The second-order valence-corrected chi connectivity index (χ2v) is 10.1. The smallest absolute Gasteiger partial charge is 0.341 e. The minimum atomic E-state index is -0.690. The van der Waals surface area contributed by atoms with E-state index in [0.717, 1.165) is 58.9 Å². The van der Waals surface area contributed by atoms with E-state index in [9.17, 15) is 19.2 Å². The zero-order valence-corrected chi connectivity index (χ0v) is 20.9. The minimum Gasteiger partial charge on any atom is -0.465 e. The molecule has 1 aliphatic carbocycles. The normalized spacial score (nSPS) is 18.6. The van der Waals surface area contributed by atoms with Crippen LogP contribution in [0, 0.1) is 27.7 Å². The number of thiophene rings is 1. The van der Waals surface area contributed by atoms with Gasteiger partial charge in [-0.25, -0.2) is 9.59 Å². The molecule has 0 aromatic carbocycles. The molecule has 0 bridgehead atoms. The molecule has 8 nitrogen and oxygen atoms in total. The van der Waals surface area contributed by atoms with Crippen molar-refractivity contribution in [3.63, 3.8) is 0 Å². The van der Waals surface area contributed by atoms with Crippen molar-refractivity contribution in [3.8, 4) is 5.00 Å². The molecule has 4 amide bonds. The van der Waals surface area contributed by atoms with Crippen LogP contribution in [-0.2, 0) is 14.3 Å². The first kappa shape index (κ1) is 23.9. The van der Waals surface area contributed by atoms with Gasteiger partial charge in [-0.05, 0) is 63.8 Å². The van der Waals surface area contributed by atoms with Gasteiger partial charge >= 0.3 is 12.0 Å². The Hall–Kier alpha value is -3.20. The fourth-order valence-corrected chi connectivity index (χ4v) is 6.11. The predicted octanol–water partition coefficient (Wildman–Crippen LogP) is 4.35. The lowest BCUT2D eigenvalue weighted by Gasteiger charge is -2.35. The molecular formula is C25H29N3O5S. The van der Waals surface area contributed by atoms with E-state index in [-0.39, 0.29) is 11.6 Å². The lowest BCUT2D eigenvalue weighted by molar-refractivity contribution is -0.132. The lowest BCUT2D eigenvalue weighted by Crippen LogP contribution is -2.58. The Kier molecular flexibility index (Phi) is 6.49. The number of ether oxygens (including phenoxy) is 1. The molecule has 1 saturated carbocycles. The highest BCUT2D eigenvalue weighted by Crippen LogP contribution is 2.35. The number of hydrogen-bond acceptors (Lipinski definition) is 6. The molecular weight excluding hydrogens is 454 g/mol. The highest BCUT2D eigenvalue weighted by Gasteiger charge is 2.40. The first-order chi connectivity index (χ1) is 16.1. The summed E-state index contributed by atoms with van der Waals surface area (Å²) in [6, 6.07) is 1.04. The maximum absolute atomic E-state index is 13.3. The Morgan fingerprint density at radius 1 is 1.12 bits per heavy atom. The van der Waals surface area contributed by atoms with Gasteiger partial charge in [-0.2, -0.15) is 0 Å². The van der Waals surface area contributed by atoms with Crippen molar-refractivity contribution in [2.24, 2.45) is 0 Å². The van der Waals surface area contributed by atoms with E-state index < -0.39 is 23.8 Å². The van der Waals surface area contributed by atoms with Crippen molar-refractivity contribution < 1.29 is 23.9 Å². The fraction of sp³-hybridized carbons (Fsp3) is 0.440. The number of carbonyl (C=O) groups excluding carboxylic acids is 4. The van der Waals surface area contributed by atoms with Crippen molar-refractivity contribution in [1.82, 2.24) is 14.8 Å². The second kappa shape index (κ2) is 9.21. The van der Waals surface area contributed by atoms with E-state index in [1.54, 1.807) is 6.08 Å². The van der Waals surface area contributed by atoms with Crippen molar-refractivity contribution in [2.45, 2.75) is 65.8 Å². The van der Waals surface area contributed by atoms with Crippen LogP contribution in [-0.4, -0.2) is 46.4 Å². The van der Waals surface area contributed by atoms with Gasteiger partial charge in [-0.3, -0.25) is 19.8 Å². The van der Waals surface area contributed by atoms with Gasteiger partial charge in [0.25, 0.3) is 11.8 Å². The monoisotopic (exact) mass is 483 g/mol. The Morgan fingerprint density at radius 2 is 1.79 bits per heavy atom. The topological polar surface area (TPSA) is 97.7 Å². The zero-order chi connectivity index (χ0) is 24.7. The molecule has 0 radical (unpaired) electrons. The summed E-state index contributed by atoms with van der Waals surface area (Å²) in [5, 5.41) is 3.07. The van der Waals surface area contributed by atoms with E-state index in [1.807, 2.05) is 38.3 Å². The summed E-state index contributed by atoms with van der Waals surface area (Å²) in [7, 11) is 1.36. The van der Waals surface area contributed by atoms with Gasteiger partial charge in [0.05, 0.1) is 12.7 Å². The number of aromatic nitrogens is 1. The molecule has 2 aromatic heterocycles. The van der Waals surface area contributed by atoms with Crippen LogP contribution >= 0.6 is 11.3 Å². The fourth-order valence-electron chi connectivity index (χ4n) is 4.85. The molecule has 1 saturated heterocycles. The highest BCUT2D eigenvalue weighted by atomic mass is 32.1. The number of rotatable bonds is 4. The Morgan fingerprint density at radius 3 is 2.44 bits per heavy atom. The molecule has 0 spiro atoms. The van der Waals surface area contributed by atoms with Crippen LogP contribution in [0.4, 0.5) is 4.79 Å². The number of imide groups is 2. The van der Waals surface area contributed by atoms with Gasteiger partial charge in [0, 0.05) is 22.3 Å². The molecule has 9 heteroatoms. The number of urea groups is 1. The third-order valence-electron chi connectivity index (χ3n) is 6.80. The number of barbiturate groups is 1. The summed E-state index contributed by atoms with van der Waals surface area (Å²) in [5.41, 5.74) is 3.61. The van der Waals surface area contributed by atoms with E-state index in [2.05, 4.69) is 5.32 Å². The SMILES string of the molecule is COC(=O)c1c(-n2c(C)cc(/C=C3\C(=O)NC(=O)N(C4CCCCC4)C3=O)c2C)sc(C)c1C. The summed E-state index contributed by atoms with van der Waals surface area (Å²) < 4.78 is 6.96. The number of amides is 4. The summed E-state index contributed by atoms with van der Waals surface area (Å²) in [5.74, 6) is -1.65. The number of carbonyl (C=O) groups is 4. The van der Waals surface area contributed by atoms with Gasteiger partial charge in [-0.1, -0.05) is 19.3 Å². The quantitative estimate of drug-likeness (QED) is 0.396. The molecule has 0 unspecified atom stereocenters. The van der Waals surface area contributed by atoms with Crippen LogP contribution in [0.2, 0.25) is 0 Å². The van der Waals surface area contributed by atoms with Gasteiger partial charge in [0.1, 0.15) is 10.6 Å². The molecule has 3 heterocycles. The molecule has 1 aliphatic heterocycles. The third-order valence-corrected chi connectivity index (χ3v) is 7.99. The average Bonchev–Trinajstić information content (AvgIpc) is 3.25. The maximum Gasteiger partial charge on any atom is 0.341 e. The van der Waals surface area contributed by atoms with Crippen LogP contribution in [0.15, 0.2) is 11.6 Å². The van der Waals surface area contributed by atoms with Crippen LogP contribution in [0.5, 0.6) is 0 Å². The molecule has 34 heavy (non-hydrogen) atoms.